The molecule has 0 saturated heterocycles. The summed E-state index contributed by atoms with van der Waals surface area (Å²) >= 11 is 5.16. The van der Waals surface area contributed by atoms with Crippen molar-refractivity contribution >= 4 is 18.1 Å². The average Bonchev–Trinajstić information content (AvgIpc) is 2.81. The Kier molecular flexibility index (Phi) is 4.52. The molecule has 0 fully saturated rings. The summed E-state index contributed by atoms with van der Waals surface area (Å²) < 4.78 is 7.20. The van der Waals surface area contributed by atoms with Crippen molar-refractivity contribution in [2.24, 2.45) is 0 Å². The number of carbonyl (C=O) groups excluding carboxylic acids is 1. The highest BCUT2D eigenvalue weighted by molar-refractivity contribution is 7.71. The molecule has 1 aromatic heterocycles. The van der Waals surface area contributed by atoms with Crippen molar-refractivity contribution in [1.82, 2.24) is 20.1 Å². The molecular weight excluding hydrogens is 276 g/mol. The van der Waals surface area contributed by atoms with Crippen molar-refractivity contribution in [1.29, 1.82) is 0 Å². The summed E-state index contributed by atoms with van der Waals surface area (Å²) in [6.45, 7) is 2.60. The van der Waals surface area contributed by atoms with Crippen molar-refractivity contribution in [2.45, 2.75) is 13.5 Å². The number of hydrogen-bond acceptors (Lipinski definition) is 4. The highest BCUT2D eigenvalue weighted by Crippen LogP contribution is 2.20. The van der Waals surface area contributed by atoms with Gasteiger partial charge in [-0.25, -0.2) is 0 Å². The van der Waals surface area contributed by atoms with Crippen LogP contribution in [0.25, 0.3) is 11.4 Å². The molecule has 1 aromatic carbocycles. The molecule has 0 radical (unpaired) electrons. The number of hydrogen-bond donors (Lipinski definition) is 2. The maximum absolute atomic E-state index is 11.7. The van der Waals surface area contributed by atoms with Gasteiger partial charge < -0.3 is 10.1 Å². The number of methoxy groups -OCH3 is 1. The smallest absolute Gasteiger partial charge is 0.240 e. The van der Waals surface area contributed by atoms with Crippen molar-refractivity contribution in [2.75, 3.05) is 13.7 Å². The van der Waals surface area contributed by atoms with Gasteiger partial charge in [0, 0.05) is 12.1 Å². The van der Waals surface area contributed by atoms with Gasteiger partial charge in [-0.05, 0) is 43.4 Å². The van der Waals surface area contributed by atoms with Crippen LogP contribution in [-0.2, 0) is 11.3 Å². The Morgan fingerprint density at radius 3 is 2.75 bits per heavy atom. The molecular formula is C13H16N4O2S. The van der Waals surface area contributed by atoms with Crippen LogP contribution in [0.4, 0.5) is 0 Å². The van der Waals surface area contributed by atoms with Crippen molar-refractivity contribution in [3.8, 4) is 17.1 Å². The summed E-state index contributed by atoms with van der Waals surface area (Å²) in [4.78, 5) is 11.7. The molecule has 2 N–H and O–H groups in total. The van der Waals surface area contributed by atoms with E-state index in [-0.39, 0.29) is 12.5 Å². The summed E-state index contributed by atoms with van der Waals surface area (Å²) in [6.07, 6.45) is 0. The van der Waals surface area contributed by atoms with E-state index in [1.807, 2.05) is 31.2 Å². The molecule has 20 heavy (non-hydrogen) atoms. The van der Waals surface area contributed by atoms with E-state index < -0.39 is 0 Å². The van der Waals surface area contributed by atoms with Crippen LogP contribution in [0.3, 0.4) is 0 Å². The molecule has 0 spiro atoms. The molecule has 2 aromatic rings. The summed E-state index contributed by atoms with van der Waals surface area (Å²) in [5, 5.41) is 9.64. The second-order valence-electron chi connectivity index (χ2n) is 4.12. The standard InChI is InChI=1S/C13H16N4O2S/c1-3-14-11(18)8-17-12(15-16-13(17)20)9-4-6-10(19-2)7-5-9/h4-7H,3,8H2,1-2H3,(H,14,18)(H,16,20). The molecule has 6 nitrogen and oxygen atoms in total. The third-order valence-electron chi connectivity index (χ3n) is 2.78. The fourth-order valence-electron chi connectivity index (χ4n) is 1.82. The number of H-pyrrole nitrogens is 1. The molecule has 0 saturated carbocycles. The lowest BCUT2D eigenvalue weighted by Gasteiger charge is -2.07. The number of rotatable bonds is 5. The van der Waals surface area contributed by atoms with E-state index in [2.05, 4.69) is 15.5 Å². The molecule has 0 unspecified atom stereocenters. The zero-order valence-electron chi connectivity index (χ0n) is 11.3. The lowest BCUT2D eigenvalue weighted by molar-refractivity contribution is -0.121. The Hall–Kier alpha value is -2.15. The SMILES string of the molecule is CCNC(=O)Cn1c(-c2ccc(OC)cc2)n[nH]c1=S. The molecule has 7 heteroatoms. The number of nitrogens with zero attached hydrogens (tertiary/aromatic N) is 2. The molecule has 1 heterocycles. The first-order chi connectivity index (χ1) is 9.65. The van der Waals surface area contributed by atoms with Crippen LogP contribution in [0.2, 0.25) is 0 Å². The quantitative estimate of drug-likeness (QED) is 0.824. The van der Waals surface area contributed by atoms with Crippen molar-refractivity contribution < 1.29 is 9.53 Å². The molecule has 0 bridgehead atoms. The van der Waals surface area contributed by atoms with Crippen LogP contribution in [0.1, 0.15) is 6.92 Å². The predicted octanol–water partition coefficient (Wildman–Crippen LogP) is 1.75. The first kappa shape index (κ1) is 14.3. The third-order valence-corrected chi connectivity index (χ3v) is 3.09. The van der Waals surface area contributed by atoms with E-state index in [1.165, 1.54) is 0 Å². The molecule has 0 atom stereocenters. The first-order valence-electron chi connectivity index (χ1n) is 6.22. The molecule has 2 rings (SSSR count). The lowest BCUT2D eigenvalue weighted by atomic mass is 10.2. The molecule has 1 amide bonds. The zero-order chi connectivity index (χ0) is 14.5. The number of amides is 1. The number of aromatic amines is 1. The van der Waals surface area contributed by atoms with E-state index in [9.17, 15) is 4.79 Å². The minimum Gasteiger partial charge on any atom is -0.497 e. The number of likely N-dealkylation sites (N-methyl/N-ethyl adjacent to an activating group) is 1. The van der Waals surface area contributed by atoms with Crippen molar-refractivity contribution in [3.05, 3.63) is 29.0 Å². The van der Waals surface area contributed by atoms with E-state index in [1.54, 1.807) is 11.7 Å². The van der Waals surface area contributed by atoms with E-state index in [4.69, 9.17) is 17.0 Å². The van der Waals surface area contributed by atoms with Gasteiger partial charge in [0.15, 0.2) is 10.6 Å². The maximum atomic E-state index is 11.7. The normalized spacial score (nSPS) is 10.3. The van der Waals surface area contributed by atoms with Gasteiger partial charge in [-0.15, -0.1) is 0 Å². The van der Waals surface area contributed by atoms with Gasteiger partial charge in [-0.2, -0.15) is 5.10 Å². The van der Waals surface area contributed by atoms with Crippen LogP contribution >= 0.6 is 12.2 Å². The number of benzene rings is 1. The number of aromatic nitrogens is 3. The highest BCUT2D eigenvalue weighted by atomic mass is 32.1. The Labute approximate surface area is 121 Å². The number of nitrogens with one attached hydrogen (secondary N) is 2. The minimum absolute atomic E-state index is 0.0974. The topological polar surface area (TPSA) is 71.9 Å². The molecule has 0 aliphatic carbocycles. The maximum Gasteiger partial charge on any atom is 0.240 e. The average molecular weight is 292 g/mol. The van der Waals surface area contributed by atoms with Gasteiger partial charge in [0.1, 0.15) is 12.3 Å². The lowest BCUT2D eigenvalue weighted by Crippen LogP contribution is -2.27. The second kappa shape index (κ2) is 6.33. The van der Waals surface area contributed by atoms with Crippen molar-refractivity contribution in [3.63, 3.8) is 0 Å². The van der Waals surface area contributed by atoms with Crippen LogP contribution in [0.15, 0.2) is 24.3 Å². The van der Waals surface area contributed by atoms with Gasteiger partial charge in [0.2, 0.25) is 5.91 Å². The summed E-state index contributed by atoms with van der Waals surface area (Å²) in [5.41, 5.74) is 0.863. The predicted molar refractivity (Wildman–Crippen MR) is 78.1 cm³/mol. The van der Waals surface area contributed by atoms with Gasteiger partial charge in [-0.1, -0.05) is 0 Å². The van der Waals surface area contributed by atoms with Crippen LogP contribution in [0.5, 0.6) is 5.75 Å². The monoisotopic (exact) mass is 292 g/mol. The van der Waals surface area contributed by atoms with Crippen LogP contribution in [0, 0.1) is 4.77 Å². The Morgan fingerprint density at radius 2 is 2.15 bits per heavy atom. The number of carbonyl (C=O) groups is 1. The summed E-state index contributed by atoms with van der Waals surface area (Å²) in [5.74, 6) is 1.29. The molecule has 106 valence electrons. The largest absolute Gasteiger partial charge is 0.497 e. The fourth-order valence-corrected chi connectivity index (χ4v) is 2.02. The Balaban J connectivity index is 2.32. The van der Waals surface area contributed by atoms with Gasteiger partial charge in [0.25, 0.3) is 0 Å². The van der Waals surface area contributed by atoms with E-state index in [0.717, 1.165) is 11.3 Å². The molecule has 0 aliphatic heterocycles. The van der Waals surface area contributed by atoms with Gasteiger partial charge in [0.05, 0.1) is 7.11 Å². The second-order valence-corrected chi connectivity index (χ2v) is 4.51. The summed E-state index contributed by atoms with van der Waals surface area (Å²) in [6, 6.07) is 7.42. The number of ether oxygens (including phenoxy) is 1. The fraction of sp³-hybridized carbons (Fsp3) is 0.308. The highest BCUT2D eigenvalue weighted by Gasteiger charge is 2.11. The van der Waals surface area contributed by atoms with Gasteiger partial charge in [-0.3, -0.25) is 14.5 Å². The minimum atomic E-state index is -0.0974. The van der Waals surface area contributed by atoms with Crippen LogP contribution in [-0.4, -0.2) is 34.3 Å². The van der Waals surface area contributed by atoms with E-state index >= 15 is 0 Å². The third kappa shape index (κ3) is 3.05. The van der Waals surface area contributed by atoms with E-state index in [0.29, 0.717) is 17.1 Å². The van der Waals surface area contributed by atoms with Gasteiger partial charge >= 0.3 is 0 Å². The first-order valence-corrected chi connectivity index (χ1v) is 6.63. The Bertz CT molecular complexity index is 645. The molecule has 0 aliphatic rings. The zero-order valence-corrected chi connectivity index (χ0v) is 12.2. The Morgan fingerprint density at radius 1 is 1.45 bits per heavy atom. The summed E-state index contributed by atoms with van der Waals surface area (Å²) in [7, 11) is 1.61. The van der Waals surface area contributed by atoms with Crippen LogP contribution < -0.4 is 10.1 Å².